The summed E-state index contributed by atoms with van der Waals surface area (Å²) in [5, 5.41) is 7.41. The Bertz CT molecular complexity index is 252. The highest BCUT2D eigenvalue weighted by atomic mass is 16.1. The van der Waals surface area contributed by atoms with Crippen LogP contribution in [0.15, 0.2) is 10.2 Å². The minimum atomic E-state index is 0.0257. The molecule has 1 atom stereocenters. The lowest BCUT2D eigenvalue weighted by Gasteiger charge is -2.26. The Kier molecular flexibility index (Phi) is 2.52. The van der Waals surface area contributed by atoms with Gasteiger partial charge in [-0.3, -0.25) is 4.79 Å². The fourth-order valence-corrected chi connectivity index (χ4v) is 2.21. The summed E-state index contributed by atoms with van der Waals surface area (Å²) in [5.74, 6) is 0.691. The molecule has 0 amide bonds. The number of carbonyl (C=O) groups excluding carboxylic acids is 1. The van der Waals surface area contributed by atoms with Crippen molar-refractivity contribution in [1.82, 2.24) is 0 Å². The van der Waals surface area contributed by atoms with E-state index in [2.05, 4.69) is 10.2 Å². The summed E-state index contributed by atoms with van der Waals surface area (Å²) >= 11 is 0. The van der Waals surface area contributed by atoms with Gasteiger partial charge in [0.2, 0.25) is 0 Å². The van der Waals surface area contributed by atoms with Gasteiger partial charge in [0.15, 0.2) is 5.78 Å². The number of nitrogens with zero attached hydrogens (tertiary/aromatic N) is 2. The first-order valence-corrected chi connectivity index (χ1v) is 4.98. The molecule has 3 nitrogen and oxygen atoms in total. The fourth-order valence-electron chi connectivity index (χ4n) is 2.21. The molecule has 0 bridgehead atoms. The second kappa shape index (κ2) is 3.81. The van der Waals surface area contributed by atoms with Crippen molar-refractivity contribution >= 4 is 18.2 Å². The van der Waals surface area contributed by atoms with Gasteiger partial charge in [0.05, 0.1) is 12.1 Å². The van der Waals surface area contributed by atoms with Gasteiger partial charge in [-0.2, -0.15) is 10.2 Å². The van der Waals surface area contributed by atoms with Crippen LogP contribution in [0, 0.1) is 11.8 Å². The summed E-state index contributed by atoms with van der Waals surface area (Å²) in [5.41, 5.74) is 0. The van der Waals surface area contributed by atoms with E-state index < -0.39 is 0 Å². The molecule has 1 aliphatic carbocycles. The Hall–Kier alpha value is -0.990. The van der Waals surface area contributed by atoms with Crippen LogP contribution in [0.3, 0.4) is 0 Å². The van der Waals surface area contributed by atoms with Crippen LogP contribution in [0.25, 0.3) is 0 Å². The van der Waals surface area contributed by atoms with Gasteiger partial charge in [0.25, 0.3) is 0 Å². The van der Waals surface area contributed by atoms with Gasteiger partial charge < -0.3 is 0 Å². The van der Waals surface area contributed by atoms with Gasteiger partial charge in [-0.15, -0.1) is 0 Å². The molecule has 1 saturated carbocycles. The maximum absolute atomic E-state index is 11.5. The smallest absolute Gasteiger partial charge is 0.184 e. The number of ketones is 1. The van der Waals surface area contributed by atoms with E-state index in [0.29, 0.717) is 5.92 Å². The predicted octanol–water partition coefficient (Wildman–Crippen LogP) is 1.82. The molecule has 1 unspecified atom stereocenters. The molecule has 0 aromatic heterocycles. The van der Waals surface area contributed by atoms with Crippen molar-refractivity contribution in [2.75, 3.05) is 0 Å². The number of hydrogen-bond donors (Lipinski definition) is 0. The standard InChI is InChI=1S/C10H14N2O/c13-10-7-12-11-6-9(10)8-4-2-1-3-5-8/h6-9H,1-5H2. The molecule has 0 spiro atoms. The van der Waals surface area contributed by atoms with E-state index in [0.717, 1.165) is 0 Å². The van der Waals surface area contributed by atoms with Crippen LogP contribution in [0.2, 0.25) is 0 Å². The molecule has 1 aliphatic heterocycles. The van der Waals surface area contributed by atoms with E-state index in [4.69, 9.17) is 0 Å². The summed E-state index contributed by atoms with van der Waals surface area (Å²) in [6.45, 7) is 0. The topological polar surface area (TPSA) is 41.8 Å². The molecular weight excluding hydrogens is 164 g/mol. The first kappa shape index (κ1) is 8.60. The molecular formula is C10H14N2O. The Morgan fingerprint density at radius 1 is 1.15 bits per heavy atom. The van der Waals surface area contributed by atoms with E-state index in [1.54, 1.807) is 6.21 Å². The van der Waals surface area contributed by atoms with E-state index in [1.807, 2.05) is 0 Å². The van der Waals surface area contributed by atoms with Crippen molar-refractivity contribution < 1.29 is 4.79 Å². The molecule has 2 aliphatic rings. The first-order chi connectivity index (χ1) is 6.38. The molecule has 0 radical (unpaired) electrons. The third-order valence-electron chi connectivity index (χ3n) is 2.97. The SMILES string of the molecule is O=C1C=NN=CC1C1CCCCC1. The summed E-state index contributed by atoms with van der Waals surface area (Å²) in [7, 11) is 0. The monoisotopic (exact) mass is 178 g/mol. The number of Topliss-reactive ketones (excluding diaryl/α,β-unsaturated/α-hetero) is 1. The van der Waals surface area contributed by atoms with Crippen molar-refractivity contribution in [2.45, 2.75) is 32.1 Å². The lowest BCUT2D eigenvalue weighted by atomic mass is 9.78. The molecule has 0 saturated heterocycles. The van der Waals surface area contributed by atoms with Crippen LogP contribution < -0.4 is 0 Å². The Balaban J connectivity index is 2.02. The van der Waals surface area contributed by atoms with Gasteiger partial charge in [-0.1, -0.05) is 19.3 Å². The minimum absolute atomic E-state index is 0.0257. The minimum Gasteiger partial charge on any atom is -0.292 e. The second-order valence-electron chi connectivity index (χ2n) is 3.84. The van der Waals surface area contributed by atoms with Gasteiger partial charge >= 0.3 is 0 Å². The fraction of sp³-hybridized carbons (Fsp3) is 0.700. The summed E-state index contributed by atoms with van der Waals surface area (Å²) in [6.07, 6.45) is 9.28. The third-order valence-corrected chi connectivity index (χ3v) is 2.97. The average Bonchev–Trinajstić information content (AvgIpc) is 2.20. The van der Waals surface area contributed by atoms with Crippen molar-refractivity contribution in [3.8, 4) is 0 Å². The highest BCUT2D eigenvalue weighted by Gasteiger charge is 2.28. The second-order valence-corrected chi connectivity index (χ2v) is 3.84. The molecule has 0 N–H and O–H groups in total. The maximum atomic E-state index is 11.5. The van der Waals surface area contributed by atoms with Crippen molar-refractivity contribution in [3.63, 3.8) is 0 Å². The van der Waals surface area contributed by atoms with Gasteiger partial charge in [0, 0.05) is 6.21 Å². The zero-order valence-electron chi connectivity index (χ0n) is 7.65. The lowest BCUT2D eigenvalue weighted by molar-refractivity contribution is -0.115. The molecule has 0 aromatic rings. The van der Waals surface area contributed by atoms with Crippen LogP contribution in [-0.2, 0) is 4.79 Å². The third kappa shape index (κ3) is 1.85. The van der Waals surface area contributed by atoms with Crippen LogP contribution in [0.4, 0.5) is 0 Å². The number of rotatable bonds is 1. The normalized spacial score (nSPS) is 29.5. The molecule has 2 rings (SSSR count). The Morgan fingerprint density at radius 2 is 1.92 bits per heavy atom. The molecule has 1 fully saturated rings. The van der Waals surface area contributed by atoms with Crippen LogP contribution in [-0.4, -0.2) is 18.2 Å². The number of hydrogen-bond acceptors (Lipinski definition) is 3. The highest BCUT2D eigenvalue weighted by Crippen LogP contribution is 2.30. The van der Waals surface area contributed by atoms with Crippen LogP contribution >= 0.6 is 0 Å². The molecule has 3 heteroatoms. The van der Waals surface area contributed by atoms with Crippen molar-refractivity contribution in [1.29, 1.82) is 0 Å². The van der Waals surface area contributed by atoms with Crippen molar-refractivity contribution in [2.24, 2.45) is 22.0 Å². The summed E-state index contributed by atoms with van der Waals surface area (Å²) in [4.78, 5) is 11.5. The Morgan fingerprint density at radius 3 is 2.62 bits per heavy atom. The molecule has 13 heavy (non-hydrogen) atoms. The maximum Gasteiger partial charge on any atom is 0.184 e. The zero-order valence-corrected chi connectivity index (χ0v) is 7.65. The summed E-state index contributed by atoms with van der Waals surface area (Å²) < 4.78 is 0. The zero-order chi connectivity index (χ0) is 9.10. The largest absolute Gasteiger partial charge is 0.292 e. The van der Waals surface area contributed by atoms with E-state index in [1.165, 1.54) is 38.3 Å². The lowest BCUT2D eigenvalue weighted by Crippen LogP contribution is -2.29. The average molecular weight is 178 g/mol. The number of carbonyl (C=O) groups is 1. The predicted molar refractivity (Wildman–Crippen MR) is 52.1 cm³/mol. The first-order valence-electron chi connectivity index (χ1n) is 4.98. The Labute approximate surface area is 77.9 Å². The van der Waals surface area contributed by atoms with E-state index in [-0.39, 0.29) is 11.7 Å². The van der Waals surface area contributed by atoms with Crippen LogP contribution in [0.5, 0.6) is 0 Å². The van der Waals surface area contributed by atoms with E-state index in [9.17, 15) is 4.79 Å². The van der Waals surface area contributed by atoms with Gasteiger partial charge in [-0.05, 0) is 18.8 Å². The van der Waals surface area contributed by atoms with Gasteiger partial charge in [-0.25, -0.2) is 0 Å². The van der Waals surface area contributed by atoms with Crippen LogP contribution in [0.1, 0.15) is 32.1 Å². The van der Waals surface area contributed by atoms with Crippen molar-refractivity contribution in [3.05, 3.63) is 0 Å². The van der Waals surface area contributed by atoms with E-state index >= 15 is 0 Å². The summed E-state index contributed by atoms with van der Waals surface area (Å²) in [6, 6.07) is 0. The highest BCUT2D eigenvalue weighted by molar-refractivity contribution is 6.32. The van der Waals surface area contributed by atoms with Gasteiger partial charge in [0.1, 0.15) is 0 Å². The molecule has 0 aromatic carbocycles. The molecule has 1 heterocycles. The quantitative estimate of drug-likeness (QED) is 0.604. The molecule has 70 valence electrons.